The van der Waals surface area contributed by atoms with Crippen molar-refractivity contribution in [1.29, 1.82) is 0 Å². The lowest BCUT2D eigenvalue weighted by atomic mass is 10.0. The van der Waals surface area contributed by atoms with Crippen LogP contribution >= 0.6 is 0 Å². The quantitative estimate of drug-likeness (QED) is 0.680. The van der Waals surface area contributed by atoms with Crippen LogP contribution in [-0.4, -0.2) is 5.91 Å². The molecule has 0 radical (unpaired) electrons. The number of amides is 1. The number of nitrogen functional groups attached to an aromatic ring is 2. The zero-order valence-corrected chi connectivity index (χ0v) is 9.18. The predicted octanol–water partition coefficient (Wildman–Crippen LogP) is 1.62. The Morgan fingerprint density at radius 1 is 0.882 bits per heavy atom. The van der Waals surface area contributed by atoms with Gasteiger partial charge in [0.15, 0.2) is 0 Å². The highest BCUT2D eigenvalue weighted by atomic mass is 16.1. The highest BCUT2D eigenvalue weighted by molar-refractivity contribution is 5.94. The second-order valence-electron chi connectivity index (χ2n) is 3.79. The fraction of sp³-hybridized carbons (Fsp3) is 0. The van der Waals surface area contributed by atoms with Gasteiger partial charge in [0, 0.05) is 5.56 Å². The van der Waals surface area contributed by atoms with Crippen LogP contribution < -0.4 is 17.2 Å². The van der Waals surface area contributed by atoms with Crippen LogP contribution in [0.1, 0.15) is 10.4 Å². The number of benzene rings is 2. The summed E-state index contributed by atoms with van der Waals surface area (Å²) in [5.41, 5.74) is 19.9. The van der Waals surface area contributed by atoms with E-state index >= 15 is 0 Å². The maximum atomic E-state index is 11.1. The summed E-state index contributed by atoms with van der Waals surface area (Å²) in [4.78, 5) is 11.1. The molecule has 0 atom stereocenters. The van der Waals surface area contributed by atoms with Crippen molar-refractivity contribution in [1.82, 2.24) is 0 Å². The lowest BCUT2D eigenvalue weighted by molar-refractivity contribution is 0.100. The van der Waals surface area contributed by atoms with E-state index in [2.05, 4.69) is 0 Å². The minimum atomic E-state index is -0.449. The monoisotopic (exact) mass is 227 g/mol. The van der Waals surface area contributed by atoms with Crippen molar-refractivity contribution in [3.05, 3.63) is 48.0 Å². The van der Waals surface area contributed by atoms with Crippen molar-refractivity contribution >= 4 is 17.3 Å². The third-order valence-corrected chi connectivity index (χ3v) is 2.57. The van der Waals surface area contributed by atoms with Gasteiger partial charge in [0.05, 0.1) is 11.4 Å². The van der Waals surface area contributed by atoms with E-state index in [1.165, 1.54) is 0 Å². The Labute approximate surface area is 99.0 Å². The fourth-order valence-corrected chi connectivity index (χ4v) is 1.61. The van der Waals surface area contributed by atoms with Gasteiger partial charge in [0.1, 0.15) is 0 Å². The number of nitrogens with two attached hydrogens (primary N) is 3. The Morgan fingerprint density at radius 3 is 2.24 bits per heavy atom. The van der Waals surface area contributed by atoms with Crippen molar-refractivity contribution < 1.29 is 4.79 Å². The van der Waals surface area contributed by atoms with Crippen LogP contribution in [0.2, 0.25) is 0 Å². The molecule has 0 fully saturated rings. The molecule has 0 aliphatic carbocycles. The molecular weight excluding hydrogens is 214 g/mol. The third kappa shape index (κ3) is 2.20. The Balaban J connectivity index is 2.49. The van der Waals surface area contributed by atoms with Gasteiger partial charge in [-0.05, 0) is 35.4 Å². The normalized spacial score (nSPS) is 10.1. The maximum Gasteiger partial charge on any atom is 0.248 e. The Kier molecular flexibility index (Phi) is 2.70. The van der Waals surface area contributed by atoms with Gasteiger partial charge in [-0.2, -0.15) is 0 Å². The van der Waals surface area contributed by atoms with Crippen LogP contribution in [0.15, 0.2) is 42.5 Å². The molecule has 1 amide bonds. The SMILES string of the molecule is NC(=O)c1cccc(-c2ccc(N)c(N)c2)c1. The van der Waals surface area contributed by atoms with Crippen LogP contribution in [0, 0.1) is 0 Å². The molecule has 4 nitrogen and oxygen atoms in total. The highest BCUT2D eigenvalue weighted by Crippen LogP contribution is 2.25. The zero-order chi connectivity index (χ0) is 12.4. The Hall–Kier alpha value is -2.49. The standard InChI is InChI=1S/C13H13N3O/c14-11-5-4-9(7-12(11)15)8-2-1-3-10(6-8)13(16)17/h1-7H,14-15H2,(H2,16,17). The first-order valence-corrected chi connectivity index (χ1v) is 5.13. The third-order valence-electron chi connectivity index (χ3n) is 2.57. The molecule has 17 heavy (non-hydrogen) atoms. The Morgan fingerprint density at radius 2 is 1.59 bits per heavy atom. The summed E-state index contributed by atoms with van der Waals surface area (Å²) in [6.07, 6.45) is 0. The highest BCUT2D eigenvalue weighted by Gasteiger charge is 2.04. The van der Waals surface area contributed by atoms with Gasteiger partial charge in [-0.1, -0.05) is 18.2 Å². The smallest absolute Gasteiger partial charge is 0.248 e. The van der Waals surface area contributed by atoms with Crippen LogP contribution in [0.5, 0.6) is 0 Å². The number of hydrogen-bond donors (Lipinski definition) is 3. The molecule has 0 aliphatic rings. The number of carbonyl (C=O) groups is 1. The molecule has 0 heterocycles. The molecule has 0 saturated carbocycles. The zero-order valence-electron chi connectivity index (χ0n) is 9.18. The number of rotatable bonds is 2. The molecule has 0 aliphatic heterocycles. The second kappa shape index (κ2) is 4.17. The molecule has 0 bridgehead atoms. The number of hydrogen-bond acceptors (Lipinski definition) is 3. The van der Waals surface area contributed by atoms with Crippen molar-refractivity contribution in [3.8, 4) is 11.1 Å². The van der Waals surface area contributed by atoms with Gasteiger partial charge in [-0.15, -0.1) is 0 Å². The summed E-state index contributed by atoms with van der Waals surface area (Å²) >= 11 is 0. The van der Waals surface area contributed by atoms with Gasteiger partial charge < -0.3 is 17.2 Å². The average Bonchev–Trinajstić information content (AvgIpc) is 2.33. The summed E-state index contributed by atoms with van der Waals surface area (Å²) in [6, 6.07) is 12.4. The van der Waals surface area contributed by atoms with Gasteiger partial charge in [0.2, 0.25) is 5.91 Å². The van der Waals surface area contributed by atoms with Gasteiger partial charge in [-0.25, -0.2) is 0 Å². The van der Waals surface area contributed by atoms with Gasteiger partial charge >= 0.3 is 0 Å². The van der Waals surface area contributed by atoms with Crippen LogP contribution in [0.4, 0.5) is 11.4 Å². The molecule has 4 heteroatoms. The summed E-state index contributed by atoms with van der Waals surface area (Å²) < 4.78 is 0. The minimum Gasteiger partial charge on any atom is -0.397 e. The van der Waals surface area contributed by atoms with Gasteiger partial charge in [-0.3, -0.25) is 4.79 Å². The molecule has 0 spiro atoms. The van der Waals surface area contributed by atoms with Crippen molar-refractivity contribution in [3.63, 3.8) is 0 Å². The summed E-state index contributed by atoms with van der Waals surface area (Å²) in [5.74, 6) is -0.449. The van der Waals surface area contributed by atoms with Crippen LogP contribution in [-0.2, 0) is 0 Å². The molecule has 0 saturated heterocycles. The molecule has 2 aromatic carbocycles. The van der Waals surface area contributed by atoms with Crippen molar-refractivity contribution in [2.24, 2.45) is 5.73 Å². The van der Waals surface area contributed by atoms with E-state index in [1.54, 1.807) is 30.3 Å². The van der Waals surface area contributed by atoms with Crippen LogP contribution in [0.25, 0.3) is 11.1 Å². The van der Waals surface area contributed by atoms with E-state index in [9.17, 15) is 4.79 Å². The molecule has 2 rings (SSSR count). The molecule has 86 valence electrons. The first kappa shape index (κ1) is 11.0. The van der Waals surface area contributed by atoms with E-state index in [-0.39, 0.29) is 0 Å². The van der Waals surface area contributed by atoms with E-state index in [1.807, 2.05) is 12.1 Å². The first-order valence-electron chi connectivity index (χ1n) is 5.13. The maximum absolute atomic E-state index is 11.1. The van der Waals surface area contributed by atoms with E-state index < -0.39 is 5.91 Å². The Bertz CT molecular complexity index is 579. The largest absolute Gasteiger partial charge is 0.397 e. The second-order valence-corrected chi connectivity index (χ2v) is 3.79. The van der Waals surface area contributed by atoms with E-state index in [0.717, 1.165) is 11.1 Å². The summed E-state index contributed by atoms with van der Waals surface area (Å²) in [6.45, 7) is 0. The van der Waals surface area contributed by atoms with Crippen LogP contribution in [0.3, 0.4) is 0 Å². The summed E-state index contributed by atoms with van der Waals surface area (Å²) in [5, 5.41) is 0. The average molecular weight is 227 g/mol. The van der Waals surface area contributed by atoms with Crippen molar-refractivity contribution in [2.75, 3.05) is 11.5 Å². The fourth-order valence-electron chi connectivity index (χ4n) is 1.61. The van der Waals surface area contributed by atoms with E-state index in [4.69, 9.17) is 17.2 Å². The lowest BCUT2D eigenvalue weighted by Crippen LogP contribution is -2.10. The van der Waals surface area contributed by atoms with Gasteiger partial charge in [0.25, 0.3) is 0 Å². The summed E-state index contributed by atoms with van der Waals surface area (Å²) in [7, 11) is 0. The number of primary amides is 1. The van der Waals surface area contributed by atoms with E-state index in [0.29, 0.717) is 16.9 Å². The first-order chi connectivity index (χ1) is 8.08. The minimum absolute atomic E-state index is 0.449. The predicted molar refractivity (Wildman–Crippen MR) is 69.2 cm³/mol. The number of anilines is 2. The molecule has 0 unspecified atom stereocenters. The lowest BCUT2D eigenvalue weighted by Gasteiger charge is -2.06. The molecule has 2 aromatic rings. The number of carbonyl (C=O) groups excluding carboxylic acids is 1. The molecular formula is C13H13N3O. The topological polar surface area (TPSA) is 95.1 Å². The molecule has 0 aromatic heterocycles. The van der Waals surface area contributed by atoms with Crippen molar-refractivity contribution in [2.45, 2.75) is 0 Å². The molecule has 6 N–H and O–H groups in total.